The fourth-order valence-electron chi connectivity index (χ4n) is 2.28. The molecule has 1 aliphatic heterocycles. The fourth-order valence-corrected chi connectivity index (χ4v) is 2.28. The molecule has 1 fully saturated rings. The molecule has 0 aromatic carbocycles. The number of nitrogens with one attached hydrogen (secondary N) is 1. The van der Waals surface area contributed by atoms with Gasteiger partial charge in [0.2, 0.25) is 0 Å². The zero-order valence-corrected chi connectivity index (χ0v) is 11.4. The molecule has 2 nitrogen and oxygen atoms in total. The summed E-state index contributed by atoms with van der Waals surface area (Å²) in [5.41, 5.74) is 1.42. The zero-order valence-electron chi connectivity index (χ0n) is 11.4. The first kappa shape index (κ1) is 13.7. The zero-order chi connectivity index (χ0) is 12.0. The van der Waals surface area contributed by atoms with Crippen molar-refractivity contribution in [2.45, 2.75) is 46.6 Å². The largest absolute Gasteiger partial charge is 0.313 e. The maximum atomic E-state index is 3.59. The third kappa shape index (κ3) is 5.66. The lowest BCUT2D eigenvalue weighted by Crippen LogP contribution is -2.39. The topological polar surface area (TPSA) is 15.3 Å². The average Bonchev–Trinajstić information content (AvgIpc) is 2.66. The predicted molar refractivity (Wildman–Crippen MR) is 71.7 cm³/mol. The molecule has 0 aliphatic carbocycles. The molecule has 1 unspecified atom stereocenters. The minimum absolute atomic E-state index is 0.726. The van der Waals surface area contributed by atoms with Crippen molar-refractivity contribution in [2.24, 2.45) is 5.92 Å². The standard InChI is InChI=1S/C14H28N2/c1-12(2)7-9-16(10-13(3)4)11-14-6-5-8-15-14/h7,13-15H,5-6,8-11H2,1-4H3. The van der Waals surface area contributed by atoms with Crippen molar-refractivity contribution in [1.82, 2.24) is 10.2 Å². The van der Waals surface area contributed by atoms with E-state index in [4.69, 9.17) is 0 Å². The summed E-state index contributed by atoms with van der Waals surface area (Å²) in [4.78, 5) is 2.58. The Morgan fingerprint density at radius 3 is 2.69 bits per heavy atom. The molecule has 0 bridgehead atoms. The highest BCUT2D eigenvalue weighted by atomic mass is 15.2. The summed E-state index contributed by atoms with van der Waals surface area (Å²) in [7, 11) is 0. The molecule has 0 aromatic rings. The molecular formula is C14H28N2. The Labute approximate surface area is 101 Å². The highest BCUT2D eigenvalue weighted by molar-refractivity contribution is 4.95. The Hall–Kier alpha value is -0.340. The van der Waals surface area contributed by atoms with Crippen LogP contribution >= 0.6 is 0 Å². The van der Waals surface area contributed by atoms with Crippen LogP contribution in [-0.2, 0) is 0 Å². The molecule has 0 radical (unpaired) electrons. The van der Waals surface area contributed by atoms with Crippen molar-refractivity contribution in [2.75, 3.05) is 26.2 Å². The van der Waals surface area contributed by atoms with Gasteiger partial charge in [0, 0.05) is 25.7 Å². The lowest BCUT2D eigenvalue weighted by atomic mass is 10.1. The van der Waals surface area contributed by atoms with E-state index in [1.54, 1.807) is 0 Å². The molecule has 1 N–H and O–H groups in total. The summed E-state index contributed by atoms with van der Waals surface area (Å²) < 4.78 is 0. The van der Waals surface area contributed by atoms with Crippen LogP contribution in [0, 0.1) is 5.92 Å². The van der Waals surface area contributed by atoms with Crippen LogP contribution in [0.15, 0.2) is 11.6 Å². The van der Waals surface area contributed by atoms with Crippen LogP contribution in [0.2, 0.25) is 0 Å². The minimum Gasteiger partial charge on any atom is -0.313 e. The Morgan fingerprint density at radius 2 is 2.19 bits per heavy atom. The Bertz CT molecular complexity index is 211. The van der Waals surface area contributed by atoms with E-state index in [1.807, 2.05) is 0 Å². The second-order valence-corrected chi connectivity index (χ2v) is 5.69. The second kappa shape index (κ2) is 7.08. The van der Waals surface area contributed by atoms with Gasteiger partial charge in [0.15, 0.2) is 0 Å². The van der Waals surface area contributed by atoms with E-state index in [9.17, 15) is 0 Å². The third-order valence-electron chi connectivity index (χ3n) is 3.02. The van der Waals surface area contributed by atoms with Gasteiger partial charge in [-0.1, -0.05) is 25.5 Å². The average molecular weight is 224 g/mol. The van der Waals surface area contributed by atoms with Gasteiger partial charge in [0.1, 0.15) is 0 Å². The summed E-state index contributed by atoms with van der Waals surface area (Å²) in [5, 5.41) is 3.59. The molecule has 0 saturated carbocycles. The van der Waals surface area contributed by atoms with Crippen molar-refractivity contribution in [3.8, 4) is 0 Å². The van der Waals surface area contributed by atoms with Gasteiger partial charge in [0.05, 0.1) is 0 Å². The van der Waals surface area contributed by atoms with Crippen LogP contribution in [0.5, 0.6) is 0 Å². The number of hydrogen-bond donors (Lipinski definition) is 1. The predicted octanol–water partition coefficient (Wildman–Crippen LogP) is 2.66. The summed E-state index contributed by atoms with van der Waals surface area (Å²) in [6.45, 7) is 13.7. The number of nitrogens with zero attached hydrogens (tertiary/aromatic N) is 1. The van der Waals surface area contributed by atoms with Crippen molar-refractivity contribution in [1.29, 1.82) is 0 Å². The molecule has 1 heterocycles. The molecule has 0 amide bonds. The van der Waals surface area contributed by atoms with Crippen LogP contribution in [0.4, 0.5) is 0 Å². The van der Waals surface area contributed by atoms with Crippen LogP contribution < -0.4 is 5.32 Å². The van der Waals surface area contributed by atoms with Crippen LogP contribution in [0.1, 0.15) is 40.5 Å². The van der Waals surface area contributed by atoms with Gasteiger partial charge in [-0.2, -0.15) is 0 Å². The van der Waals surface area contributed by atoms with Crippen molar-refractivity contribution < 1.29 is 0 Å². The molecule has 1 saturated heterocycles. The fraction of sp³-hybridized carbons (Fsp3) is 0.857. The molecule has 0 spiro atoms. The number of rotatable bonds is 6. The lowest BCUT2D eigenvalue weighted by molar-refractivity contribution is 0.245. The highest BCUT2D eigenvalue weighted by Gasteiger charge is 2.17. The van der Waals surface area contributed by atoms with Crippen LogP contribution in [0.25, 0.3) is 0 Å². The van der Waals surface area contributed by atoms with Crippen molar-refractivity contribution >= 4 is 0 Å². The Kier molecular flexibility index (Phi) is 6.07. The first-order valence-corrected chi connectivity index (χ1v) is 6.67. The molecule has 1 aliphatic rings. The summed E-state index contributed by atoms with van der Waals surface area (Å²) in [6, 6.07) is 0.726. The molecule has 1 atom stereocenters. The van der Waals surface area contributed by atoms with E-state index in [0.29, 0.717) is 0 Å². The van der Waals surface area contributed by atoms with Gasteiger partial charge >= 0.3 is 0 Å². The van der Waals surface area contributed by atoms with Crippen molar-refractivity contribution in [3.05, 3.63) is 11.6 Å². The second-order valence-electron chi connectivity index (χ2n) is 5.69. The monoisotopic (exact) mass is 224 g/mol. The van der Waals surface area contributed by atoms with Gasteiger partial charge in [0.25, 0.3) is 0 Å². The van der Waals surface area contributed by atoms with Gasteiger partial charge in [-0.3, -0.25) is 4.90 Å². The Morgan fingerprint density at radius 1 is 1.44 bits per heavy atom. The maximum Gasteiger partial charge on any atom is 0.0195 e. The molecule has 1 rings (SSSR count). The van der Waals surface area contributed by atoms with Gasteiger partial charge in [-0.15, -0.1) is 0 Å². The van der Waals surface area contributed by atoms with Crippen molar-refractivity contribution in [3.63, 3.8) is 0 Å². The Balaban J connectivity index is 2.38. The van der Waals surface area contributed by atoms with E-state index in [2.05, 4.69) is 44.0 Å². The van der Waals surface area contributed by atoms with Gasteiger partial charge in [-0.05, 0) is 39.2 Å². The molecular weight excluding hydrogens is 196 g/mol. The van der Waals surface area contributed by atoms with E-state index >= 15 is 0 Å². The smallest absolute Gasteiger partial charge is 0.0195 e. The first-order chi connectivity index (χ1) is 7.58. The van der Waals surface area contributed by atoms with E-state index in [-0.39, 0.29) is 0 Å². The minimum atomic E-state index is 0.726. The SMILES string of the molecule is CC(C)=CCN(CC(C)C)CC1CCCN1. The summed E-state index contributed by atoms with van der Waals surface area (Å²) >= 11 is 0. The van der Waals surface area contributed by atoms with E-state index in [1.165, 1.54) is 38.0 Å². The highest BCUT2D eigenvalue weighted by Crippen LogP contribution is 2.09. The number of hydrogen-bond acceptors (Lipinski definition) is 2. The molecule has 2 heteroatoms. The van der Waals surface area contributed by atoms with Gasteiger partial charge < -0.3 is 5.32 Å². The van der Waals surface area contributed by atoms with Crippen LogP contribution in [0.3, 0.4) is 0 Å². The molecule has 94 valence electrons. The molecule has 16 heavy (non-hydrogen) atoms. The normalized spacial score (nSPS) is 20.8. The quantitative estimate of drug-likeness (QED) is 0.698. The van der Waals surface area contributed by atoms with Gasteiger partial charge in [-0.25, -0.2) is 0 Å². The van der Waals surface area contributed by atoms with E-state index in [0.717, 1.165) is 18.5 Å². The maximum absolute atomic E-state index is 3.59. The summed E-state index contributed by atoms with van der Waals surface area (Å²) in [6.07, 6.45) is 5.05. The number of allylic oxidation sites excluding steroid dienone is 1. The third-order valence-corrected chi connectivity index (χ3v) is 3.02. The lowest BCUT2D eigenvalue weighted by Gasteiger charge is -2.26. The molecule has 0 aromatic heterocycles. The summed E-state index contributed by atoms with van der Waals surface area (Å²) in [5.74, 6) is 0.756. The first-order valence-electron chi connectivity index (χ1n) is 6.67. The van der Waals surface area contributed by atoms with Crippen LogP contribution in [-0.4, -0.2) is 37.1 Å². The van der Waals surface area contributed by atoms with E-state index < -0.39 is 0 Å².